The van der Waals surface area contributed by atoms with Crippen LogP contribution >= 0.6 is 0 Å². The second-order valence-electron chi connectivity index (χ2n) is 16.3. The molecule has 316 valence electrons. The molecule has 0 aromatic heterocycles. The number of carboxylic acid groups (broad SMARTS) is 1. The Kier molecular flexibility index (Phi) is 36.2. The standard InChI is InChI=1S/C46H85NO7/c1-6-8-10-12-14-16-18-20-21-22-23-24-25-27-28-30-32-34-36-44(48)53-41-42(40-52-39-38-43(46(50)51)47(3,4)5)54-45(49)37-35-33-31-29-26-19-17-15-13-11-9-7-2/h21-24,42-43H,6-20,25-41H2,1-5H3/p+1/b22-21+,24-23+. The zero-order valence-corrected chi connectivity index (χ0v) is 35.9. The molecule has 0 aliphatic carbocycles. The number of nitrogens with zero attached hydrogens (tertiary/aromatic N) is 1. The molecule has 0 aromatic carbocycles. The molecule has 0 rings (SSSR count). The first kappa shape index (κ1) is 51.8. The summed E-state index contributed by atoms with van der Waals surface area (Å²) in [5, 5.41) is 9.61. The molecule has 0 saturated carbocycles. The van der Waals surface area contributed by atoms with Gasteiger partial charge >= 0.3 is 17.9 Å². The molecule has 8 nitrogen and oxygen atoms in total. The van der Waals surface area contributed by atoms with E-state index in [1.165, 1.54) is 109 Å². The van der Waals surface area contributed by atoms with Crippen molar-refractivity contribution >= 4 is 17.9 Å². The predicted octanol–water partition coefficient (Wildman–Crippen LogP) is 12.1. The van der Waals surface area contributed by atoms with Crippen LogP contribution in [0.1, 0.15) is 200 Å². The highest BCUT2D eigenvalue weighted by molar-refractivity contribution is 5.72. The van der Waals surface area contributed by atoms with Gasteiger partial charge in [0.05, 0.1) is 34.4 Å². The molecule has 0 amide bonds. The van der Waals surface area contributed by atoms with Crippen LogP contribution in [-0.2, 0) is 28.6 Å². The van der Waals surface area contributed by atoms with Crippen LogP contribution in [0.4, 0.5) is 0 Å². The molecule has 54 heavy (non-hydrogen) atoms. The van der Waals surface area contributed by atoms with Gasteiger partial charge in [0.1, 0.15) is 6.61 Å². The number of hydrogen-bond donors (Lipinski definition) is 1. The molecular formula is C46H86NO7+. The molecule has 1 N–H and O–H groups in total. The minimum Gasteiger partial charge on any atom is -0.477 e. The number of carbonyl (C=O) groups excluding carboxylic acids is 2. The summed E-state index contributed by atoms with van der Waals surface area (Å²) in [6, 6.07) is -0.613. The summed E-state index contributed by atoms with van der Waals surface area (Å²) in [7, 11) is 5.52. The van der Waals surface area contributed by atoms with Gasteiger partial charge in [0.25, 0.3) is 0 Å². The van der Waals surface area contributed by atoms with Crippen molar-refractivity contribution in [2.75, 3.05) is 41.0 Å². The van der Waals surface area contributed by atoms with Gasteiger partial charge in [0, 0.05) is 19.3 Å². The number of unbranched alkanes of at least 4 members (excludes halogenated alkanes) is 23. The molecule has 2 unspecified atom stereocenters. The van der Waals surface area contributed by atoms with Crippen LogP contribution in [0.25, 0.3) is 0 Å². The van der Waals surface area contributed by atoms with Crippen LogP contribution in [0.2, 0.25) is 0 Å². The second-order valence-corrected chi connectivity index (χ2v) is 16.3. The summed E-state index contributed by atoms with van der Waals surface area (Å²) in [6.07, 6.45) is 40.7. The number of likely N-dealkylation sites (N-methyl/N-ethyl adjacent to an activating group) is 1. The number of carbonyl (C=O) groups is 3. The number of quaternary nitrogens is 1. The van der Waals surface area contributed by atoms with Gasteiger partial charge < -0.3 is 23.8 Å². The fourth-order valence-corrected chi connectivity index (χ4v) is 6.61. The van der Waals surface area contributed by atoms with Crippen LogP contribution in [0.3, 0.4) is 0 Å². The number of allylic oxidation sites excluding steroid dienone is 4. The normalized spacial score (nSPS) is 13.1. The maximum atomic E-state index is 12.7. The van der Waals surface area contributed by atoms with E-state index < -0.39 is 18.1 Å². The van der Waals surface area contributed by atoms with Crippen molar-refractivity contribution in [3.05, 3.63) is 24.3 Å². The van der Waals surface area contributed by atoms with E-state index in [4.69, 9.17) is 14.2 Å². The Labute approximate surface area is 332 Å². The van der Waals surface area contributed by atoms with Crippen LogP contribution in [0, 0.1) is 0 Å². The van der Waals surface area contributed by atoms with Gasteiger partial charge in [-0.05, 0) is 38.5 Å². The molecule has 0 saturated heterocycles. The van der Waals surface area contributed by atoms with Gasteiger partial charge in [-0.15, -0.1) is 0 Å². The van der Waals surface area contributed by atoms with Gasteiger partial charge in [-0.25, -0.2) is 4.79 Å². The average Bonchev–Trinajstić information content (AvgIpc) is 3.12. The lowest BCUT2D eigenvalue weighted by molar-refractivity contribution is -0.887. The molecular weight excluding hydrogens is 679 g/mol. The molecule has 0 aliphatic heterocycles. The minimum absolute atomic E-state index is 0.0550. The number of ether oxygens (including phenoxy) is 3. The second kappa shape index (κ2) is 37.7. The SMILES string of the molecule is CCCCCCCCC/C=C/C=C/CCCCCCCC(=O)OCC(COCCC(C(=O)O)[N+](C)(C)C)OC(=O)CCCCCCCCCCCCCC. The first-order valence-corrected chi connectivity index (χ1v) is 22.4. The third kappa shape index (κ3) is 35.5. The molecule has 0 heterocycles. The van der Waals surface area contributed by atoms with E-state index in [1.807, 2.05) is 21.1 Å². The van der Waals surface area contributed by atoms with E-state index in [9.17, 15) is 19.5 Å². The van der Waals surface area contributed by atoms with Crippen molar-refractivity contribution in [2.24, 2.45) is 0 Å². The van der Waals surface area contributed by atoms with E-state index in [1.54, 1.807) is 0 Å². The van der Waals surface area contributed by atoms with Crippen molar-refractivity contribution in [3.8, 4) is 0 Å². The monoisotopic (exact) mass is 765 g/mol. The lowest BCUT2D eigenvalue weighted by Crippen LogP contribution is -2.50. The Morgan fingerprint density at radius 3 is 1.39 bits per heavy atom. The molecule has 0 radical (unpaired) electrons. The van der Waals surface area contributed by atoms with E-state index in [-0.39, 0.29) is 36.2 Å². The number of carboxylic acids is 1. The third-order valence-corrected chi connectivity index (χ3v) is 10.1. The molecule has 2 atom stereocenters. The Morgan fingerprint density at radius 2 is 0.963 bits per heavy atom. The summed E-state index contributed by atoms with van der Waals surface area (Å²) in [6.45, 7) is 4.72. The smallest absolute Gasteiger partial charge is 0.362 e. The highest BCUT2D eigenvalue weighted by Gasteiger charge is 2.31. The quantitative estimate of drug-likeness (QED) is 0.0287. The Balaban J connectivity index is 4.33. The fourth-order valence-electron chi connectivity index (χ4n) is 6.61. The zero-order valence-electron chi connectivity index (χ0n) is 35.9. The van der Waals surface area contributed by atoms with Gasteiger partial charge in [-0.3, -0.25) is 9.59 Å². The first-order chi connectivity index (χ1) is 26.1. The number of rotatable bonds is 40. The van der Waals surface area contributed by atoms with Crippen molar-refractivity contribution in [3.63, 3.8) is 0 Å². The van der Waals surface area contributed by atoms with Crippen molar-refractivity contribution in [2.45, 2.75) is 212 Å². The zero-order chi connectivity index (χ0) is 40.0. The Bertz CT molecular complexity index is 942. The number of aliphatic carboxylic acids is 1. The molecule has 8 heteroatoms. The van der Waals surface area contributed by atoms with Crippen molar-refractivity contribution in [1.29, 1.82) is 0 Å². The topological polar surface area (TPSA) is 99.1 Å². The lowest BCUT2D eigenvalue weighted by Gasteiger charge is -2.31. The summed E-state index contributed by atoms with van der Waals surface area (Å²) < 4.78 is 17.3. The van der Waals surface area contributed by atoms with Crippen LogP contribution in [0.15, 0.2) is 24.3 Å². The molecule has 0 aliphatic rings. The summed E-state index contributed by atoms with van der Waals surface area (Å²) in [4.78, 5) is 36.9. The third-order valence-electron chi connectivity index (χ3n) is 10.1. The summed E-state index contributed by atoms with van der Waals surface area (Å²) in [5.74, 6) is -1.48. The maximum absolute atomic E-state index is 12.7. The first-order valence-electron chi connectivity index (χ1n) is 22.4. The van der Waals surface area contributed by atoms with Crippen molar-refractivity contribution in [1.82, 2.24) is 0 Å². The summed E-state index contributed by atoms with van der Waals surface area (Å²) in [5.41, 5.74) is 0. The van der Waals surface area contributed by atoms with Gasteiger partial charge in [0.2, 0.25) is 0 Å². The van der Waals surface area contributed by atoms with Gasteiger partial charge in [-0.2, -0.15) is 0 Å². The van der Waals surface area contributed by atoms with E-state index in [0.717, 1.165) is 57.8 Å². The Morgan fingerprint density at radius 1 is 0.556 bits per heavy atom. The van der Waals surface area contributed by atoms with Gasteiger partial charge in [0.15, 0.2) is 12.1 Å². The lowest BCUT2D eigenvalue weighted by atomic mass is 10.0. The minimum atomic E-state index is -0.876. The van der Waals surface area contributed by atoms with E-state index in [0.29, 0.717) is 19.3 Å². The highest BCUT2D eigenvalue weighted by Crippen LogP contribution is 2.15. The largest absolute Gasteiger partial charge is 0.477 e. The van der Waals surface area contributed by atoms with E-state index in [2.05, 4.69) is 38.2 Å². The van der Waals surface area contributed by atoms with E-state index >= 15 is 0 Å². The number of hydrogen-bond acceptors (Lipinski definition) is 6. The molecule has 0 fully saturated rings. The average molecular weight is 765 g/mol. The molecule has 0 spiro atoms. The van der Waals surface area contributed by atoms with Crippen LogP contribution in [0.5, 0.6) is 0 Å². The number of esters is 2. The van der Waals surface area contributed by atoms with Crippen LogP contribution in [-0.4, -0.2) is 80.6 Å². The highest BCUT2D eigenvalue weighted by atomic mass is 16.6. The molecule has 0 bridgehead atoms. The fraction of sp³-hybridized carbons (Fsp3) is 0.848. The maximum Gasteiger partial charge on any atom is 0.362 e. The van der Waals surface area contributed by atoms with Gasteiger partial charge in [-0.1, -0.05) is 167 Å². The van der Waals surface area contributed by atoms with Crippen LogP contribution < -0.4 is 0 Å². The van der Waals surface area contributed by atoms with Crippen molar-refractivity contribution < 1.29 is 38.2 Å². The molecule has 0 aromatic rings. The summed E-state index contributed by atoms with van der Waals surface area (Å²) >= 11 is 0. The Hall–Kier alpha value is -2.19. The predicted molar refractivity (Wildman–Crippen MR) is 225 cm³/mol.